The summed E-state index contributed by atoms with van der Waals surface area (Å²) in [5.41, 5.74) is 3.17. The Labute approximate surface area is 170 Å². The molecule has 0 spiro atoms. The molecule has 1 saturated heterocycles. The second-order valence-corrected chi connectivity index (χ2v) is 7.44. The topological polar surface area (TPSA) is 58.4 Å². The van der Waals surface area contributed by atoms with E-state index in [-0.39, 0.29) is 30.9 Å². The van der Waals surface area contributed by atoms with E-state index < -0.39 is 0 Å². The number of piperazine rings is 1. The minimum atomic E-state index is -0.0903. The van der Waals surface area contributed by atoms with Crippen LogP contribution in [0.4, 0.5) is 5.69 Å². The van der Waals surface area contributed by atoms with E-state index in [1.165, 1.54) is 0 Å². The maximum absolute atomic E-state index is 13.0. The molecule has 1 aliphatic heterocycles. The number of aryl methyl sites for hydroxylation is 1. The molecule has 0 saturated carbocycles. The number of hydrogen-bond acceptors (Lipinski definition) is 3. The molecule has 6 nitrogen and oxygen atoms in total. The summed E-state index contributed by atoms with van der Waals surface area (Å²) in [6.45, 7) is 2.77. The molecule has 4 rings (SSSR count). The molecule has 0 N–H and O–H groups in total. The average Bonchev–Trinajstić information content (AvgIpc) is 3.23. The summed E-state index contributed by atoms with van der Waals surface area (Å²) in [7, 11) is 0. The Balaban J connectivity index is 1.58. The Hall–Kier alpha value is -3.41. The molecule has 2 amide bonds. The maximum Gasteiger partial charge on any atom is 0.246 e. The van der Waals surface area contributed by atoms with Crippen LogP contribution in [0.25, 0.3) is 0 Å². The van der Waals surface area contributed by atoms with E-state index in [2.05, 4.69) is 17.1 Å². The van der Waals surface area contributed by atoms with Crippen molar-refractivity contribution < 1.29 is 9.59 Å². The minimum Gasteiger partial charge on any atom is -0.328 e. The zero-order valence-electron chi connectivity index (χ0n) is 16.4. The second-order valence-electron chi connectivity index (χ2n) is 7.44. The van der Waals surface area contributed by atoms with Crippen LogP contribution in [0.2, 0.25) is 0 Å². The fraction of sp³-hybridized carbons (Fsp3) is 0.261. The number of nitrogens with zero attached hydrogens (tertiary/aromatic N) is 4. The van der Waals surface area contributed by atoms with Gasteiger partial charge in [-0.1, -0.05) is 48.0 Å². The summed E-state index contributed by atoms with van der Waals surface area (Å²) in [6, 6.07) is 18.0. The van der Waals surface area contributed by atoms with Crippen LogP contribution in [0.15, 0.2) is 73.3 Å². The van der Waals surface area contributed by atoms with Crippen LogP contribution in [0.3, 0.4) is 0 Å². The molecular weight excluding hydrogens is 364 g/mol. The van der Waals surface area contributed by atoms with Crippen LogP contribution in [-0.4, -0.2) is 45.4 Å². The highest BCUT2D eigenvalue weighted by atomic mass is 16.2. The van der Waals surface area contributed by atoms with Gasteiger partial charge in [-0.15, -0.1) is 0 Å². The Morgan fingerprint density at radius 3 is 2.55 bits per heavy atom. The van der Waals surface area contributed by atoms with Crippen molar-refractivity contribution in [2.75, 3.05) is 18.0 Å². The van der Waals surface area contributed by atoms with Gasteiger partial charge < -0.3 is 14.4 Å². The number of imidazole rings is 1. The highest BCUT2D eigenvalue weighted by Crippen LogP contribution is 2.23. The summed E-state index contributed by atoms with van der Waals surface area (Å²) in [5.74, 6) is -0.127. The SMILES string of the molecule is Cc1ccc(N2C[C@H](Cc3ccccc3)N(C(=O)Cn3ccnc3)CC2=O)cc1. The van der Waals surface area contributed by atoms with E-state index in [0.29, 0.717) is 13.0 Å². The lowest BCUT2D eigenvalue weighted by Crippen LogP contribution is -2.59. The Morgan fingerprint density at radius 1 is 1.10 bits per heavy atom. The molecule has 0 unspecified atom stereocenters. The normalized spacial score (nSPS) is 16.9. The van der Waals surface area contributed by atoms with Crippen LogP contribution in [0.1, 0.15) is 11.1 Å². The van der Waals surface area contributed by atoms with Crippen molar-refractivity contribution in [2.45, 2.75) is 25.9 Å². The molecule has 1 aliphatic rings. The first-order valence-corrected chi connectivity index (χ1v) is 9.76. The number of amides is 2. The third-order valence-electron chi connectivity index (χ3n) is 5.30. The van der Waals surface area contributed by atoms with Crippen LogP contribution >= 0.6 is 0 Å². The first kappa shape index (κ1) is 18.9. The van der Waals surface area contributed by atoms with E-state index in [9.17, 15) is 9.59 Å². The highest BCUT2D eigenvalue weighted by molar-refractivity contribution is 5.98. The molecule has 6 heteroatoms. The Kier molecular flexibility index (Phi) is 5.42. The molecule has 2 heterocycles. The van der Waals surface area contributed by atoms with E-state index in [0.717, 1.165) is 16.8 Å². The zero-order chi connectivity index (χ0) is 20.2. The molecule has 1 fully saturated rings. The number of carbonyl (C=O) groups excluding carboxylic acids is 2. The Morgan fingerprint density at radius 2 is 1.86 bits per heavy atom. The molecule has 0 bridgehead atoms. The van der Waals surface area contributed by atoms with Crippen molar-refractivity contribution in [1.29, 1.82) is 0 Å². The van der Waals surface area contributed by atoms with Crippen LogP contribution < -0.4 is 4.90 Å². The number of benzene rings is 2. The molecule has 29 heavy (non-hydrogen) atoms. The Bertz CT molecular complexity index is 968. The van der Waals surface area contributed by atoms with E-state index in [1.54, 1.807) is 33.1 Å². The summed E-state index contributed by atoms with van der Waals surface area (Å²) in [4.78, 5) is 33.4. The van der Waals surface area contributed by atoms with E-state index in [1.807, 2.05) is 49.4 Å². The van der Waals surface area contributed by atoms with Gasteiger partial charge in [-0.25, -0.2) is 4.98 Å². The molecule has 0 aliphatic carbocycles. The predicted molar refractivity (Wildman–Crippen MR) is 111 cm³/mol. The summed E-state index contributed by atoms with van der Waals surface area (Å²) in [5, 5.41) is 0. The molecule has 1 aromatic heterocycles. The molecule has 3 aromatic rings. The van der Waals surface area contributed by atoms with Gasteiger partial charge in [0.2, 0.25) is 11.8 Å². The van der Waals surface area contributed by atoms with Gasteiger partial charge in [0.25, 0.3) is 0 Å². The molecule has 2 aromatic carbocycles. The summed E-state index contributed by atoms with van der Waals surface area (Å²) < 4.78 is 1.73. The van der Waals surface area contributed by atoms with E-state index in [4.69, 9.17) is 0 Å². The summed E-state index contributed by atoms with van der Waals surface area (Å²) in [6.07, 6.45) is 5.73. The lowest BCUT2D eigenvalue weighted by atomic mass is 10.0. The van der Waals surface area contributed by atoms with Crippen molar-refractivity contribution in [3.05, 3.63) is 84.4 Å². The third kappa shape index (κ3) is 4.37. The standard InChI is InChI=1S/C23H24N4O2/c1-18-7-9-20(10-8-18)26-14-21(13-19-5-3-2-4-6-19)27(16-23(26)29)22(28)15-25-12-11-24-17-25/h2-12,17,21H,13-16H2,1H3/t21-/m0/s1. The molecule has 148 valence electrons. The second kappa shape index (κ2) is 8.31. The van der Waals surface area contributed by atoms with Gasteiger partial charge in [0, 0.05) is 24.6 Å². The fourth-order valence-electron chi connectivity index (χ4n) is 3.73. The number of carbonyl (C=O) groups is 2. The number of aromatic nitrogens is 2. The smallest absolute Gasteiger partial charge is 0.246 e. The summed E-state index contributed by atoms with van der Waals surface area (Å²) >= 11 is 0. The van der Waals surface area contributed by atoms with Crippen LogP contribution in [0, 0.1) is 6.92 Å². The third-order valence-corrected chi connectivity index (χ3v) is 5.30. The monoisotopic (exact) mass is 388 g/mol. The number of hydrogen-bond donors (Lipinski definition) is 0. The molecule has 1 atom stereocenters. The number of anilines is 1. The average molecular weight is 388 g/mol. The van der Waals surface area contributed by atoms with Gasteiger partial charge in [-0.2, -0.15) is 0 Å². The first-order valence-electron chi connectivity index (χ1n) is 9.76. The zero-order valence-corrected chi connectivity index (χ0v) is 16.4. The van der Waals surface area contributed by atoms with Gasteiger partial charge in [-0.05, 0) is 31.0 Å². The lowest BCUT2D eigenvalue weighted by Gasteiger charge is -2.41. The van der Waals surface area contributed by atoms with Crippen molar-refractivity contribution >= 4 is 17.5 Å². The van der Waals surface area contributed by atoms with Crippen molar-refractivity contribution in [3.8, 4) is 0 Å². The number of rotatable bonds is 5. The fourth-order valence-corrected chi connectivity index (χ4v) is 3.73. The van der Waals surface area contributed by atoms with Gasteiger partial charge in [0.05, 0.1) is 12.4 Å². The first-order chi connectivity index (χ1) is 14.1. The van der Waals surface area contributed by atoms with Gasteiger partial charge in [0.1, 0.15) is 13.1 Å². The van der Waals surface area contributed by atoms with Crippen molar-refractivity contribution in [2.24, 2.45) is 0 Å². The van der Waals surface area contributed by atoms with Crippen molar-refractivity contribution in [1.82, 2.24) is 14.5 Å². The quantitative estimate of drug-likeness (QED) is 0.675. The lowest BCUT2D eigenvalue weighted by molar-refractivity contribution is -0.140. The van der Waals surface area contributed by atoms with Gasteiger partial charge in [-0.3, -0.25) is 9.59 Å². The highest BCUT2D eigenvalue weighted by Gasteiger charge is 2.35. The predicted octanol–water partition coefficient (Wildman–Crippen LogP) is 2.68. The minimum absolute atomic E-state index is 0.0582. The van der Waals surface area contributed by atoms with Crippen LogP contribution in [0.5, 0.6) is 0 Å². The molecular formula is C23H24N4O2. The largest absolute Gasteiger partial charge is 0.328 e. The van der Waals surface area contributed by atoms with E-state index >= 15 is 0 Å². The van der Waals surface area contributed by atoms with Gasteiger partial charge >= 0.3 is 0 Å². The van der Waals surface area contributed by atoms with Gasteiger partial charge in [0.15, 0.2) is 0 Å². The molecule has 0 radical (unpaired) electrons. The maximum atomic E-state index is 13.0. The van der Waals surface area contributed by atoms with Crippen LogP contribution in [-0.2, 0) is 22.6 Å². The van der Waals surface area contributed by atoms with Crippen molar-refractivity contribution in [3.63, 3.8) is 0 Å².